The summed E-state index contributed by atoms with van der Waals surface area (Å²) in [5, 5.41) is 23.6. The number of hydrogen-bond acceptors (Lipinski definition) is 10. The van der Waals surface area contributed by atoms with E-state index in [9.17, 15) is 0 Å². The van der Waals surface area contributed by atoms with Gasteiger partial charge in [-0.2, -0.15) is 5.10 Å². The first-order valence-corrected chi connectivity index (χ1v) is 26.6. The molecule has 0 amide bonds. The lowest BCUT2D eigenvalue weighted by molar-refractivity contribution is -0.753. The van der Waals surface area contributed by atoms with Gasteiger partial charge in [-0.3, -0.25) is 0 Å². The summed E-state index contributed by atoms with van der Waals surface area (Å²) in [6.07, 6.45) is 17.4. The van der Waals surface area contributed by atoms with E-state index in [1.165, 1.54) is 99.8 Å². The van der Waals surface area contributed by atoms with Crippen molar-refractivity contribution in [1.29, 1.82) is 0 Å². The van der Waals surface area contributed by atoms with Crippen LogP contribution in [0.3, 0.4) is 0 Å². The van der Waals surface area contributed by atoms with Gasteiger partial charge in [-0.05, 0) is 142 Å². The quantitative estimate of drug-likeness (QED) is 0.0886. The molecule has 354 valence electrons. The summed E-state index contributed by atoms with van der Waals surface area (Å²) in [5.74, 6) is 2.00. The fourth-order valence-corrected chi connectivity index (χ4v) is 14.4. The topological polar surface area (TPSA) is 147 Å². The Labute approximate surface area is 404 Å². The van der Waals surface area contributed by atoms with Gasteiger partial charge in [0, 0.05) is 55.5 Å². The molecule has 3 aliphatic rings. The molecule has 2 saturated heterocycles. The minimum absolute atomic E-state index is 0.121. The van der Waals surface area contributed by atoms with E-state index in [0.29, 0.717) is 36.9 Å². The normalized spacial score (nSPS) is 19.6. The van der Waals surface area contributed by atoms with E-state index in [4.69, 9.17) is 19.8 Å². The molecular weight excluding hydrogens is 887 g/mol. The van der Waals surface area contributed by atoms with E-state index in [1.54, 1.807) is 6.33 Å². The number of rotatable bonds is 12. The van der Waals surface area contributed by atoms with Crippen molar-refractivity contribution in [2.24, 2.45) is 5.92 Å². The number of nitrogens with zero attached hydrogens (tertiary/aromatic N) is 9. The number of pyridine rings is 2. The number of fused-ring (bicyclic) bond motifs is 4. The second-order valence-corrected chi connectivity index (χ2v) is 22.8. The highest BCUT2D eigenvalue weighted by Crippen LogP contribution is 2.52. The molecule has 0 radical (unpaired) electrons. The zero-order valence-corrected chi connectivity index (χ0v) is 42.3. The smallest absolute Gasteiger partial charge is 0.308 e. The van der Waals surface area contributed by atoms with Gasteiger partial charge in [-0.15, -0.1) is 37.0 Å². The van der Waals surface area contributed by atoms with E-state index >= 15 is 0 Å². The SMILES string of the molecule is Cc1c(-c2[nH]c3sc(C4CC(n5cc(C6COCCN6)nn5)C4)c(C)c3c2C(C)C)cn2c(nc[n+]2Cc2cc(-c3[nH]c4sc(CCC5CCNCC5)c(C)c4c3C(C)C)cn3ncnc23)c1C. The standard InChI is InChI=1S/C52H64N13OS2/c1-27(2)42-44-31(7)41(10-9-33-11-13-53-14-12-33)67-51(44)58-46(42)35-17-36(50-55-25-57-64(50)21-35)20-62-26-56-49-30(6)29(5)38(22-65(49)62)47-43(28(3)4)45-32(8)48(68-52(45)59-47)34-18-37(19-34)63-23-39(60-61-63)40-24-66-16-15-54-40/h17,21-23,25-28,33-34,37,40,53-54,58-59H,9-16,18-20,24H2,1-8H3/q+1. The molecule has 1 atom stereocenters. The van der Waals surface area contributed by atoms with Crippen LogP contribution in [0.25, 0.3) is 54.2 Å². The van der Waals surface area contributed by atoms with Crippen molar-refractivity contribution in [1.82, 2.24) is 59.7 Å². The molecule has 12 rings (SSSR count). The summed E-state index contributed by atoms with van der Waals surface area (Å²) in [5.41, 5.74) is 16.7. The van der Waals surface area contributed by atoms with Crippen LogP contribution in [0.2, 0.25) is 0 Å². The fourth-order valence-electron chi connectivity index (χ4n) is 11.8. The summed E-state index contributed by atoms with van der Waals surface area (Å²) >= 11 is 3.90. The van der Waals surface area contributed by atoms with Gasteiger partial charge in [0.05, 0.1) is 49.1 Å². The van der Waals surface area contributed by atoms with Crippen molar-refractivity contribution in [3.05, 3.63) is 91.7 Å². The Morgan fingerprint density at radius 3 is 2.38 bits per heavy atom. The molecule has 14 nitrogen and oxygen atoms in total. The number of ether oxygens (including phenoxy) is 1. The molecule has 16 heteroatoms. The summed E-state index contributed by atoms with van der Waals surface area (Å²) in [7, 11) is 0. The number of aryl methyl sites for hydroxylation is 4. The number of aromatic nitrogens is 11. The molecule has 11 heterocycles. The fraction of sp³-hybridized carbons (Fsp3) is 0.500. The van der Waals surface area contributed by atoms with E-state index in [2.05, 4.69) is 125 Å². The molecule has 2 aliphatic heterocycles. The third-order valence-electron chi connectivity index (χ3n) is 15.7. The van der Waals surface area contributed by atoms with Gasteiger partial charge in [-0.1, -0.05) is 32.9 Å². The zero-order chi connectivity index (χ0) is 46.5. The number of piperidine rings is 1. The lowest BCUT2D eigenvalue weighted by Gasteiger charge is -2.35. The minimum Gasteiger partial charge on any atom is -0.378 e. The van der Waals surface area contributed by atoms with Gasteiger partial charge in [0.2, 0.25) is 0 Å². The highest BCUT2D eigenvalue weighted by molar-refractivity contribution is 7.19. The average molecular weight is 951 g/mol. The number of aromatic amines is 2. The van der Waals surface area contributed by atoms with Crippen LogP contribution in [-0.2, 0) is 17.7 Å². The molecule has 3 fully saturated rings. The van der Waals surface area contributed by atoms with E-state index in [1.807, 2.05) is 33.5 Å². The minimum atomic E-state index is 0.121. The first-order valence-electron chi connectivity index (χ1n) is 24.9. The lowest BCUT2D eigenvalue weighted by atomic mass is 9.78. The van der Waals surface area contributed by atoms with Crippen LogP contribution in [-0.4, -0.2) is 81.9 Å². The number of nitrogens with one attached hydrogen (secondary N) is 4. The van der Waals surface area contributed by atoms with E-state index in [-0.39, 0.29) is 6.04 Å². The Balaban J connectivity index is 0.855. The Morgan fingerprint density at radius 2 is 1.60 bits per heavy atom. The molecule has 1 aliphatic carbocycles. The Kier molecular flexibility index (Phi) is 11.2. The number of hydrogen-bond donors (Lipinski definition) is 4. The zero-order valence-electron chi connectivity index (χ0n) is 40.7. The Bertz CT molecular complexity index is 3340. The predicted octanol–water partition coefficient (Wildman–Crippen LogP) is 9.92. The van der Waals surface area contributed by atoms with Crippen molar-refractivity contribution in [3.8, 4) is 22.5 Å². The largest absolute Gasteiger partial charge is 0.378 e. The molecule has 4 N–H and O–H groups in total. The summed E-state index contributed by atoms with van der Waals surface area (Å²) in [6, 6.07) is 2.81. The van der Waals surface area contributed by atoms with Gasteiger partial charge in [-0.25, -0.2) is 14.2 Å². The van der Waals surface area contributed by atoms with Crippen LogP contribution in [0.15, 0.2) is 37.3 Å². The van der Waals surface area contributed by atoms with Gasteiger partial charge in [0.1, 0.15) is 28.2 Å². The molecule has 9 aromatic rings. The van der Waals surface area contributed by atoms with Gasteiger partial charge < -0.3 is 25.3 Å². The van der Waals surface area contributed by atoms with Crippen molar-refractivity contribution < 1.29 is 9.42 Å². The molecule has 0 aromatic carbocycles. The van der Waals surface area contributed by atoms with E-state index < -0.39 is 0 Å². The van der Waals surface area contributed by atoms with Crippen LogP contribution >= 0.6 is 22.7 Å². The van der Waals surface area contributed by atoms with Crippen LogP contribution in [0.4, 0.5) is 0 Å². The number of morpholine rings is 1. The maximum atomic E-state index is 5.68. The first-order chi connectivity index (χ1) is 33.0. The first kappa shape index (κ1) is 44.0. The molecule has 0 bridgehead atoms. The number of thiophene rings is 2. The molecule has 1 saturated carbocycles. The van der Waals surface area contributed by atoms with Crippen molar-refractivity contribution in [2.45, 2.75) is 130 Å². The second-order valence-electron chi connectivity index (χ2n) is 20.6. The third kappa shape index (κ3) is 7.35. The van der Waals surface area contributed by atoms with Crippen LogP contribution < -0.4 is 15.3 Å². The van der Waals surface area contributed by atoms with Crippen molar-refractivity contribution >= 4 is 54.4 Å². The second kappa shape index (κ2) is 17.3. The monoisotopic (exact) mass is 950 g/mol. The van der Waals surface area contributed by atoms with Gasteiger partial charge >= 0.3 is 6.33 Å². The van der Waals surface area contributed by atoms with E-state index in [0.717, 1.165) is 79.5 Å². The number of H-pyrrole nitrogens is 2. The maximum Gasteiger partial charge on any atom is 0.308 e. The van der Waals surface area contributed by atoms with Gasteiger partial charge in [0.25, 0.3) is 5.65 Å². The van der Waals surface area contributed by atoms with Crippen molar-refractivity contribution in [3.63, 3.8) is 0 Å². The molecule has 68 heavy (non-hydrogen) atoms. The Hall–Kier alpha value is -5.26. The average Bonchev–Trinajstić information content (AvgIpc) is 4.20. The van der Waals surface area contributed by atoms with Gasteiger partial charge in [0.15, 0.2) is 5.65 Å². The highest BCUT2D eigenvalue weighted by Gasteiger charge is 2.37. The third-order valence-corrected chi connectivity index (χ3v) is 18.4. The van der Waals surface area contributed by atoms with Crippen LogP contribution in [0.1, 0.15) is 144 Å². The van der Waals surface area contributed by atoms with Crippen LogP contribution in [0, 0.1) is 33.6 Å². The lowest BCUT2D eigenvalue weighted by Crippen LogP contribution is -2.40. The predicted molar refractivity (Wildman–Crippen MR) is 271 cm³/mol. The Morgan fingerprint density at radius 1 is 0.838 bits per heavy atom. The van der Waals surface area contributed by atoms with Crippen LogP contribution in [0.5, 0.6) is 0 Å². The molecule has 1 unspecified atom stereocenters. The molecular formula is C52H64N13OS2+. The van der Waals surface area contributed by atoms with Crippen molar-refractivity contribution in [2.75, 3.05) is 32.8 Å². The summed E-state index contributed by atoms with van der Waals surface area (Å²) < 4.78 is 14.2. The maximum absolute atomic E-state index is 5.68. The summed E-state index contributed by atoms with van der Waals surface area (Å²) in [4.78, 5) is 23.3. The molecule has 0 spiro atoms. The summed E-state index contributed by atoms with van der Waals surface area (Å²) in [6.45, 7) is 23.6. The molecule has 9 aromatic heterocycles. The highest BCUT2D eigenvalue weighted by atomic mass is 32.1.